The van der Waals surface area contributed by atoms with E-state index in [9.17, 15) is 14.9 Å². The Morgan fingerprint density at radius 1 is 1.41 bits per heavy atom. The molecule has 0 saturated heterocycles. The number of anilines is 1. The van der Waals surface area contributed by atoms with Gasteiger partial charge in [0.25, 0.3) is 0 Å². The number of halogens is 2. The molecule has 0 aliphatic rings. The van der Waals surface area contributed by atoms with Gasteiger partial charge in [0.05, 0.1) is 26.7 Å². The number of hydrogen-bond donors (Lipinski definition) is 1. The van der Waals surface area contributed by atoms with Crippen LogP contribution >= 0.6 is 31.9 Å². The first-order chi connectivity index (χ1) is 12.9. The molecule has 0 bridgehead atoms. The van der Waals surface area contributed by atoms with Crippen LogP contribution in [0.15, 0.2) is 44.5 Å². The molecule has 0 saturated carbocycles. The van der Waals surface area contributed by atoms with Crippen LogP contribution in [-0.4, -0.2) is 35.3 Å². The summed E-state index contributed by atoms with van der Waals surface area (Å²) >= 11 is 6.73. The standard InChI is InChI=1S/C16H14Br2N4O5/c1-2-26-14(23)9-27-15-11(17)6-10(7-12(15)18)8-20-21-16-13(22(24)25)4-3-5-19-16/h3-8H,2,9H2,1H3,(H,19,21)/b20-8-. The van der Waals surface area contributed by atoms with Gasteiger partial charge in [-0.05, 0) is 62.5 Å². The number of nitrogens with zero attached hydrogens (tertiary/aromatic N) is 3. The molecule has 1 N–H and O–H groups in total. The van der Waals surface area contributed by atoms with Crippen molar-refractivity contribution in [3.05, 3.63) is 55.1 Å². The fourth-order valence-electron chi connectivity index (χ4n) is 1.92. The van der Waals surface area contributed by atoms with E-state index in [1.807, 2.05) is 0 Å². The van der Waals surface area contributed by atoms with Crippen molar-refractivity contribution in [2.45, 2.75) is 6.92 Å². The van der Waals surface area contributed by atoms with Crippen LogP contribution in [0.3, 0.4) is 0 Å². The third kappa shape index (κ3) is 6.00. The molecule has 0 aliphatic carbocycles. The molecule has 0 fully saturated rings. The van der Waals surface area contributed by atoms with Gasteiger partial charge in [-0.2, -0.15) is 5.10 Å². The summed E-state index contributed by atoms with van der Waals surface area (Å²) in [6.45, 7) is 1.77. The molecule has 142 valence electrons. The van der Waals surface area contributed by atoms with E-state index in [-0.39, 0.29) is 24.7 Å². The van der Waals surface area contributed by atoms with Gasteiger partial charge in [0.1, 0.15) is 5.75 Å². The van der Waals surface area contributed by atoms with Gasteiger partial charge < -0.3 is 9.47 Å². The van der Waals surface area contributed by atoms with Gasteiger partial charge in [-0.1, -0.05) is 0 Å². The van der Waals surface area contributed by atoms with Gasteiger partial charge in [0, 0.05) is 12.3 Å². The Balaban J connectivity index is 2.09. The van der Waals surface area contributed by atoms with E-state index in [0.29, 0.717) is 20.3 Å². The highest BCUT2D eigenvalue weighted by Gasteiger charge is 2.13. The first kappa shape index (κ1) is 20.8. The van der Waals surface area contributed by atoms with E-state index in [1.165, 1.54) is 24.5 Å². The average molecular weight is 502 g/mol. The Labute approximate surface area is 171 Å². The number of carbonyl (C=O) groups excluding carboxylic acids is 1. The Kier molecular flexibility index (Phi) is 7.67. The summed E-state index contributed by atoms with van der Waals surface area (Å²) in [5, 5.41) is 14.9. The van der Waals surface area contributed by atoms with Gasteiger partial charge in [0.2, 0.25) is 5.82 Å². The molecule has 1 aromatic heterocycles. The second kappa shape index (κ2) is 9.97. The number of esters is 1. The fourth-order valence-corrected chi connectivity index (χ4v) is 3.37. The minimum Gasteiger partial charge on any atom is -0.480 e. The number of nitrogens with one attached hydrogen (secondary N) is 1. The maximum absolute atomic E-state index is 11.4. The molecule has 0 spiro atoms. The third-order valence-electron chi connectivity index (χ3n) is 3.03. The zero-order chi connectivity index (χ0) is 19.8. The lowest BCUT2D eigenvalue weighted by molar-refractivity contribution is -0.384. The summed E-state index contributed by atoms with van der Waals surface area (Å²) in [5.74, 6) is 0.00268. The SMILES string of the molecule is CCOC(=O)COc1c(Br)cc(/C=N\Nc2ncccc2[N+](=O)[O-])cc1Br. The molecule has 0 atom stereocenters. The monoisotopic (exact) mass is 500 g/mol. The van der Waals surface area contributed by atoms with Gasteiger partial charge in [0.15, 0.2) is 6.61 Å². The molecule has 0 radical (unpaired) electrons. The maximum Gasteiger partial charge on any atom is 0.344 e. The minimum atomic E-state index is -0.548. The van der Waals surface area contributed by atoms with Crippen LogP contribution in [0.4, 0.5) is 11.5 Å². The third-order valence-corrected chi connectivity index (χ3v) is 4.21. The van der Waals surface area contributed by atoms with Gasteiger partial charge in [-0.3, -0.25) is 15.5 Å². The molecule has 2 rings (SSSR count). The highest BCUT2D eigenvalue weighted by Crippen LogP contribution is 2.34. The molecule has 11 heteroatoms. The predicted octanol–water partition coefficient (Wildman–Crippen LogP) is 3.90. The molecule has 9 nitrogen and oxygen atoms in total. The van der Waals surface area contributed by atoms with Crippen LogP contribution in [0.25, 0.3) is 0 Å². The zero-order valence-corrected chi connectivity index (χ0v) is 17.2. The summed E-state index contributed by atoms with van der Waals surface area (Å²) in [4.78, 5) is 25.7. The number of hydrazone groups is 1. The van der Waals surface area contributed by atoms with Crippen molar-refractivity contribution in [3.8, 4) is 5.75 Å². The Bertz CT molecular complexity index is 853. The summed E-state index contributed by atoms with van der Waals surface area (Å²) in [6, 6.07) is 6.22. The summed E-state index contributed by atoms with van der Waals surface area (Å²) in [6.07, 6.45) is 2.89. The van der Waals surface area contributed by atoms with Crippen molar-refractivity contribution in [2.75, 3.05) is 18.6 Å². The number of ether oxygens (including phenoxy) is 2. The Morgan fingerprint density at radius 2 is 2.11 bits per heavy atom. The van der Waals surface area contributed by atoms with E-state index >= 15 is 0 Å². The van der Waals surface area contributed by atoms with E-state index in [4.69, 9.17) is 9.47 Å². The summed E-state index contributed by atoms with van der Waals surface area (Å²) < 4.78 is 11.4. The molecule has 1 heterocycles. The minimum absolute atomic E-state index is 0.0336. The zero-order valence-electron chi connectivity index (χ0n) is 14.0. The topological polar surface area (TPSA) is 116 Å². The van der Waals surface area contributed by atoms with E-state index in [0.717, 1.165) is 0 Å². The highest BCUT2D eigenvalue weighted by atomic mass is 79.9. The number of hydrogen-bond acceptors (Lipinski definition) is 8. The normalized spacial score (nSPS) is 10.6. The molecule has 2 aromatic rings. The smallest absolute Gasteiger partial charge is 0.344 e. The second-order valence-corrected chi connectivity index (χ2v) is 6.61. The van der Waals surface area contributed by atoms with Crippen molar-refractivity contribution in [2.24, 2.45) is 5.10 Å². The molecule has 0 aliphatic heterocycles. The lowest BCUT2D eigenvalue weighted by Gasteiger charge is -2.10. The fraction of sp³-hybridized carbons (Fsp3) is 0.188. The Morgan fingerprint density at radius 3 is 2.74 bits per heavy atom. The molecular formula is C16H14Br2N4O5. The van der Waals surface area contributed by atoms with Gasteiger partial charge in [-0.25, -0.2) is 9.78 Å². The second-order valence-electron chi connectivity index (χ2n) is 4.91. The molecule has 0 unspecified atom stereocenters. The van der Waals surface area contributed by atoms with E-state index in [2.05, 4.69) is 47.4 Å². The number of pyridine rings is 1. The molecular weight excluding hydrogens is 488 g/mol. The van der Waals surface area contributed by atoms with Gasteiger partial charge in [-0.15, -0.1) is 0 Å². The number of benzene rings is 1. The lowest BCUT2D eigenvalue weighted by atomic mass is 10.2. The van der Waals surface area contributed by atoms with Crippen LogP contribution < -0.4 is 10.2 Å². The van der Waals surface area contributed by atoms with E-state index < -0.39 is 10.9 Å². The lowest BCUT2D eigenvalue weighted by Crippen LogP contribution is -2.15. The highest BCUT2D eigenvalue weighted by molar-refractivity contribution is 9.11. The maximum atomic E-state index is 11.4. The predicted molar refractivity (Wildman–Crippen MR) is 106 cm³/mol. The number of aromatic nitrogens is 1. The molecule has 0 amide bonds. The first-order valence-electron chi connectivity index (χ1n) is 7.58. The van der Waals surface area contributed by atoms with Crippen molar-refractivity contribution in [1.82, 2.24) is 4.98 Å². The van der Waals surface area contributed by atoms with Crippen molar-refractivity contribution >= 4 is 55.5 Å². The largest absolute Gasteiger partial charge is 0.480 e. The van der Waals surface area contributed by atoms with Crippen LogP contribution in [0, 0.1) is 10.1 Å². The molecule has 1 aromatic carbocycles. The Hall–Kier alpha value is -2.53. The first-order valence-corrected chi connectivity index (χ1v) is 9.17. The summed E-state index contributed by atoms with van der Waals surface area (Å²) in [5.41, 5.74) is 3.03. The average Bonchev–Trinajstić information content (AvgIpc) is 2.61. The number of nitro groups is 1. The van der Waals surface area contributed by atoms with Crippen molar-refractivity contribution in [1.29, 1.82) is 0 Å². The quantitative estimate of drug-likeness (QED) is 0.252. The molecule has 27 heavy (non-hydrogen) atoms. The van der Waals surface area contributed by atoms with Crippen LogP contribution in [0.1, 0.15) is 12.5 Å². The number of rotatable bonds is 8. The van der Waals surface area contributed by atoms with Crippen LogP contribution in [0.2, 0.25) is 0 Å². The van der Waals surface area contributed by atoms with E-state index in [1.54, 1.807) is 19.1 Å². The number of carbonyl (C=O) groups is 1. The van der Waals surface area contributed by atoms with Crippen LogP contribution in [-0.2, 0) is 9.53 Å². The van der Waals surface area contributed by atoms with Crippen LogP contribution in [0.5, 0.6) is 5.75 Å². The van der Waals surface area contributed by atoms with Crippen molar-refractivity contribution < 1.29 is 19.2 Å². The van der Waals surface area contributed by atoms with Crippen molar-refractivity contribution in [3.63, 3.8) is 0 Å². The summed E-state index contributed by atoms with van der Waals surface area (Å²) in [7, 11) is 0. The van der Waals surface area contributed by atoms with Gasteiger partial charge >= 0.3 is 11.7 Å².